The zero-order chi connectivity index (χ0) is 18.8. The fourth-order valence-corrected chi connectivity index (χ4v) is 4.70. The molecular weight excluding hydrogens is 354 g/mol. The van der Waals surface area contributed by atoms with Crippen molar-refractivity contribution in [2.75, 3.05) is 5.32 Å². The lowest BCUT2D eigenvalue weighted by atomic mass is 10.0. The van der Waals surface area contributed by atoms with E-state index >= 15 is 0 Å². The minimum absolute atomic E-state index is 0.0174. The second-order valence-electron chi connectivity index (χ2n) is 6.37. The van der Waals surface area contributed by atoms with E-state index in [1.54, 1.807) is 6.08 Å². The van der Waals surface area contributed by atoms with E-state index in [-0.39, 0.29) is 5.57 Å². The number of amides is 1. The Kier molecular flexibility index (Phi) is 4.46. The molecule has 0 saturated heterocycles. The number of nitriles is 2. The molecule has 0 radical (unpaired) electrons. The SMILES string of the molecule is N#C/C(=C\c1cccc2ccccc12)C(=O)Nc1sc2c(c1C#N)CCC2. The summed E-state index contributed by atoms with van der Waals surface area (Å²) in [6.07, 6.45) is 4.47. The van der Waals surface area contributed by atoms with Crippen LogP contribution in [0.15, 0.2) is 48.0 Å². The van der Waals surface area contributed by atoms with Gasteiger partial charge in [-0.15, -0.1) is 11.3 Å². The van der Waals surface area contributed by atoms with Gasteiger partial charge in [0.25, 0.3) is 5.91 Å². The molecule has 0 saturated carbocycles. The lowest BCUT2D eigenvalue weighted by Crippen LogP contribution is -2.13. The predicted molar refractivity (Wildman–Crippen MR) is 107 cm³/mol. The van der Waals surface area contributed by atoms with E-state index in [1.165, 1.54) is 16.2 Å². The van der Waals surface area contributed by atoms with Crippen molar-refractivity contribution in [3.05, 3.63) is 69.6 Å². The molecule has 1 aliphatic carbocycles. The average Bonchev–Trinajstić information content (AvgIpc) is 3.26. The maximum absolute atomic E-state index is 12.7. The number of thiophene rings is 1. The molecule has 1 aromatic heterocycles. The van der Waals surface area contributed by atoms with Gasteiger partial charge in [-0.05, 0) is 47.2 Å². The molecule has 1 N–H and O–H groups in total. The van der Waals surface area contributed by atoms with Gasteiger partial charge in [0.2, 0.25) is 0 Å². The van der Waals surface area contributed by atoms with Gasteiger partial charge < -0.3 is 5.32 Å². The third kappa shape index (κ3) is 3.10. The van der Waals surface area contributed by atoms with E-state index in [2.05, 4.69) is 11.4 Å². The van der Waals surface area contributed by atoms with Crippen LogP contribution in [0.3, 0.4) is 0 Å². The molecule has 1 amide bonds. The molecule has 130 valence electrons. The molecule has 4 nitrogen and oxygen atoms in total. The van der Waals surface area contributed by atoms with Gasteiger partial charge in [-0.25, -0.2) is 0 Å². The van der Waals surface area contributed by atoms with Crippen molar-refractivity contribution < 1.29 is 4.79 Å². The molecule has 27 heavy (non-hydrogen) atoms. The molecule has 3 aromatic rings. The fraction of sp³-hybridized carbons (Fsp3) is 0.136. The minimum atomic E-state index is -0.484. The highest BCUT2D eigenvalue weighted by molar-refractivity contribution is 7.16. The predicted octanol–water partition coefficient (Wildman–Crippen LogP) is 4.81. The van der Waals surface area contributed by atoms with Crippen LogP contribution in [0.1, 0.15) is 28.0 Å². The third-order valence-electron chi connectivity index (χ3n) is 4.75. The first-order valence-electron chi connectivity index (χ1n) is 8.67. The van der Waals surface area contributed by atoms with Crippen LogP contribution >= 0.6 is 11.3 Å². The summed E-state index contributed by atoms with van der Waals surface area (Å²) < 4.78 is 0. The molecule has 5 heteroatoms. The van der Waals surface area contributed by atoms with Crippen molar-refractivity contribution in [2.24, 2.45) is 0 Å². The summed E-state index contributed by atoms with van der Waals surface area (Å²) in [5.41, 5.74) is 2.43. The summed E-state index contributed by atoms with van der Waals surface area (Å²) in [4.78, 5) is 13.8. The maximum Gasteiger partial charge on any atom is 0.266 e. The Morgan fingerprint density at radius 2 is 1.93 bits per heavy atom. The summed E-state index contributed by atoms with van der Waals surface area (Å²) in [6, 6.07) is 17.8. The van der Waals surface area contributed by atoms with Crippen LogP contribution in [-0.2, 0) is 17.6 Å². The number of fused-ring (bicyclic) bond motifs is 2. The van der Waals surface area contributed by atoms with Crippen molar-refractivity contribution >= 4 is 39.1 Å². The van der Waals surface area contributed by atoms with Gasteiger partial charge in [-0.3, -0.25) is 4.79 Å². The summed E-state index contributed by atoms with van der Waals surface area (Å²) in [7, 11) is 0. The van der Waals surface area contributed by atoms with Crippen LogP contribution in [-0.4, -0.2) is 5.91 Å². The Balaban J connectivity index is 1.67. The van der Waals surface area contributed by atoms with Gasteiger partial charge >= 0.3 is 0 Å². The van der Waals surface area contributed by atoms with Crippen LogP contribution in [0.25, 0.3) is 16.8 Å². The second kappa shape index (κ2) is 7.07. The monoisotopic (exact) mass is 369 g/mol. The minimum Gasteiger partial charge on any atom is -0.312 e. The zero-order valence-corrected chi connectivity index (χ0v) is 15.3. The van der Waals surface area contributed by atoms with Crippen molar-refractivity contribution in [1.82, 2.24) is 0 Å². The van der Waals surface area contributed by atoms with Crippen molar-refractivity contribution in [2.45, 2.75) is 19.3 Å². The normalized spacial score (nSPS) is 13.0. The number of benzene rings is 2. The fourth-order valence-electron chi connectivity index (χ4n) is 3.46. The quantitative estimate of drug-likeness (QED) is 0.532. The largest absolute Gasteiger partial charge is 0.312 e. The number of hydrogen-bond acceptors (Lipinski definition) is 4. The Bertz CT molecular complexity index is 1170. The molecule has 0 spiro atoms. The number of carbonyl (C=O) groups is 1. The third-order valence-corrected chi connectivity index (χ3v) is 5.96. The van der Waals surface area contributed by atoms with Gasteiger partial charge in [0.15, 0.2) is 0 Å². The van der Waals surface area contributed by atoms with Gasteiger partial charge in [0.1, 0.15) is 22.7 Å². The highest BCUT2D eigenvalue weighted by Gasteiger charge is 2.23. The van der Waals surface area contributed by atoms with Crippen molar-refractivity contribution in [1.29, 1.82) is 10.5 Å². The number of carbonyl (C=O) groups excluding carboxylic acids is 1. The molecule has 0 unspecified atom stereocenters. The van der Waals surface area contributed by atoms with Gasteiger partial charge in [0.05, 0.1) is 5.56 Å². The van der Waals surface area contributed by atoms with Gasteiger partial charge in [-0.2, -0.15) is 10.5 Å². The van der Waals surface area contributed by atoms with Crippen molar-refractivity contribution in [3.63, 3.8) is 0 Å². The molecule has 4 rings (SSSR count). The van der Waals surface area contributed by atoms with E-state index in [4.69, 9.17) is 0 Å². The maximum atomic E-state index is 12.7. The number of hydrogen-bond donors (Lipinski definition) is 1. The first-order chi connectivity index (χ1) is 13.2. The van der Waals surface area contributed by atoms with Crippen LogP contribution < -0.4 is 5.32 Å². The first kappa shape index (κ1) is 17.0. The molecular formula is C22H15N3OS. The smallest absolute Gasteiger partial charge is 0.266 e. The topological polar surface area (TPSA) is 76.7 Å². The number of aryl methyl sites for hydroxylation is 1. The van der Waals surface area contributed by atoms with E-state index in [1.807, 2.05) is 48.5 Å². The molecule has 0 atom stereocenters. The standard InChI is InChI=1S/C22H15N3OS/c23-12-16(11-15-7-3-6-14-5-1-2-8-17(14)15)21(26)25-22-19(13-24)18-9-4-10-20(18)27-22/h1-3,5-8,11H,4,9-10H2,(H,25,26)/b16-11+. The molecule has 2 aromatic carbocycles. The zero-order valence-electron chi connectivity index (χ0n) is 14.5. The highest BCUT2D eigenvalue weighted by Crippen LogP contribution is 2.38. The van der Waals surface area contributed by atoms with E-state index in [9.17, 15) is 15.3 Å². The average molecular weight is 369 g/mol. The van der Waals surface area contributed by atoms with E-state index in [0.717, 1.165) is 41.2 Å². The highest BCUT2D eigenvalue weighted by atomic mass is 32.1. The van der Waals surface area contributed by atoms with Crippen molar-refractivity contribution in [3.8, 4) is 12.1 Å². The number of nitrogens with one attached hydrogen (secondary N) is 1. The van der Waals surface area contributed by atoms with Gasteiger partial charge in [-0.1, -0.05) is 42.5 Å². The van der Waals surface area contributed by atoms with Crippen LogP contribution in [0.2, 0.25) is 0 Å². The Hall–Kier alpha value is -3.41. The molecule has 1 aliphatic rings. The molecule has 1 heterocycles. The van der Waals surface area contributed by atoms with E-state index < -0.39 is 5.91 Å². The Labute approximate surface area is 161 Å². The lowest BCUT2D eigenvalue weighted by Gasteiger charge is -2.05. The summed E-state index contributed by atoms with van der Waals surface area (Å²) in [5, 5.41) is 24.3. The van der Waals surface area contributed by atoms with Crippen LogP contribution in [0.5, 0.6) is 0 Å². The summed E-state index contributed by atoms with van der Waals surface area (Å²) in [6.45, 7) is 0. The molecule has 0 bridgehead atoms. The summed E-state index contributed by atoms with van der Waals surface area (Å²) >= 11 is 1.45. The number of anilines is 1. The number of nitrogens with zero attached hydrogens (tertiary/aromatic N) is 2. The summed E-state index contributed by atoms with van der Waals surface area (Å²) in [5.74, 6) is -0.484. The first-order valence-corrected chi connectivity index (χ1v) is 9.48. The lowest BCUT2D eigenvalue weighted by molar-refractivity contribution is -0.112. The molecule has 0 fully saturated rings. The Morgan fingerprint density at radius 1 is 1.11 bits per heavy atom. The second-order valence-corrected chi connectivity index (χ2v) is 7.47. The van der Waals surface area contributed by atoms with E-state index in [0.29, 0.717) is 10.6 Å². The van der Waals surface area contributed by atoms with Crippen LogP contribution in [0.4, 0.5) is 5.00 Å². The Morgan fingerprint density at radius 3 is 2.74 bits per heavy atom. The number of rotatable bonds is 3. The van der Waals surface area contributed by atoms with Gasteiger partial charge in [0, 0.05) is 4.88 Å². The van der Waals surface area contributed by atoms with Crippen LogP contribution in [0, 0.1) is 22.7 Å². The molecule has 0 aliphatic heterocycles.